The van der Waals surface area contributed by atoms with Crippen LogP contribution in [0.5, 0.6) is 5.75 Å². The Bertz CT molecular complexity index is 1290. The molecule has 0 spiro atoms. The van der Waals surface area contributed by atoms with Gasteiger partial charge >= 0.3 is 0 Å². The lowest BCUT2D eigenvalue weighted by Gasteiger charge is -2.30. The lowest BCUT2D eigenvalue weighted by molar-refractivity contribution is 0.192. The van der Waals surface area contributed by atoms with E-state index >= 15 is 0 Å². The van der Waals surface area contributed by atoms with Gasteiger partial charge in [-0.1, -0.05) is 36.4 Å². The highest BCUT2D eigenvalue weighted by Crippen LogP contribution is 2.42. The van der Waals surface area contributed by atoms with Crippen LogP contribution in [0.1, 0.15) is 85.3 Å². The molecule has 0 bridgehead atoms. The van der Waals surface area contributed by atoms with Crippen molar-refractivity contribution in [2.24, 2.45) is 0 Å². The van der Waals surface area contributed by atoms with E-state index in [9.17, 15) is 27.1 Å². The summed E-state index contributed by atoms with van der Waals surface area (Å²) in [6.45, 7) is 3.27. The molecule has 1 unspecified atom stereocenters. The van der Waals surface area contributed by atoms with Crippen molar-refractivity contribution in [1.82, 2.24) is 0 Å². The van der Waals surface area contributed by atoms with E-state index in [2.05, 4.69) is 0 Å². The van der Waals surface area contributed by atoms with Gasteiger partial charge in [-0.2, -0.15) is 4.39 Å². The summed E-state index contributed by atoms with van der Waals surface area (Å²) >= 11 is 0. The van der Waals surface area contributed by atoms with Crippen LogP contribution in [0, 0.1) is 29.1 Å². The Morgan fingerprint density at radius 1 is 0.811 bits per heavy atom. The molecule has 3 aromatic rings. The zero-order valence-electron chi connectivity index (χ0n) is 20.7. The van der Waals surface area contributed by atoms with Gasteiger partial charge in [-0.3, -0.25) is 0 Å². The molecule has 37 heavy (non-hydrogen) atoms. The SMILES string of the molecule is CCOc1ccc(/C=C/c2ccc(C3CCC(c4ccc(C(C)O)c(F)c4F)CC3)c(F)c2)c(F)c1F. The highest BCUT2D eigenvalue weighted by Gasteiger charge is 2.28. The second-order valence-corrected chi connectivity index (χ2v) is 9.42. The second kappa shape index (κ2) is 11.5. The molecule has 1 aliphatic carbocycles. The van der Waals surface area contributed by atoms with Gasteiger partial charge in [-0.05, 0) is 86.3 Å². The van der Waals surface area contributed by atoms with Crippen molar-refractivity contribution in [2.75, 3.05) is 6.61 Å². The van der Waals surface area contributed by atoms with Crippen LogP contribution < -0.4 is 4.74 Å². The average Bonchev–Trinajstić information content (AvgIpc) is 2.88. The molecule has 0 radical (unpaired) electrons. The summed E-state index contributed by atoms with van der Waals surface area (Å²) < 4.78 is 77.4. The summed E-state index contributed by atoms with van der Waals surface area (Å²) in [5.74, 6) is -4.84. The summed E-state index contributed by atoms with van der Waals surface area (Å²) in [5, 5.41) is 9.60. The van der Waals surface area contributed by atoms with Gasteiger partial charge in [0.2, 0.25) is 5.82 Å². The third-order valence-electron chi connectivity index (χ3n) is 7.06. The molecule has 3 aromatic carbocycles. The Balaban J connectivity index is 1.43. The third kappa shape index (κ3) is 5.72. The van der Waals surface area contributed by atoms with Gasteiger partial charge in [0.1, 0.15) is 5.82 Å². The molecule has 1 saturated carbocycles. The van der Waals surface area contributed by atoms with Crippen molar-refractivity contribution < 1.29 is 31.8 Å². The molecule has 1 atom stereocenters. The monoisotopic (exact) mass is 516 g/mol. The zero-order chi connectivity index (χ0) is 26.7. The highest BCUT2D eigenvalue weighted by molar-refractivity contribution is 5.70. The van der Waals surface area contributed by atoms with E-state index in [-0.39, 0.29) is 35.3 Å². The maximum atomic E-state index is 15.0. The topological polar surface area (TPSA) is 29.5 Å². The zero-order valence-corrected chi connectivity index (χ0v) is 20.7. The maximum absolute atomic E-state index is 15.0. The van der Waals surface area contributed by atoms with E-state index in [1.165, 1.54) is 49.4 Å². The van der Waals surface area contributed by atoms with Gasteiger partial charge in [-0.15, -0.1) is 0 Å². The smallest absolute Gasteiger partial charge is 0.201 e. The van der Waals surface area contributed by atoms with Crippen molar-refractivity contribution in [3.05, 3.63) is 99.4 Å². The van der Waals surface area contributed by atoms with Gasteiger partial charge in [0.25, 0.3) is 0 Å². The highest BCUT2D eigenvalue weighted by atomic mass is 19.2. The third-order valence-corrected chi connectivity index (χ3v) is 7.06. The van der Waals surface area contributed by atoms with Gasteiger partial charge in [0.15, 0.2) is 23.2 Å². The predicted octanol–water partition coefficient (Wildman–Crippen LogP) is 8.45. The summed E-state index contributed by atoms with van der Waals surface area (Å²) in [7, 11) is 0. The maximum Gasteiger partial charge on any atom is 0.201 e. The molecule has 0 amide bonds. The first kappa shape index (κ1) is 26.9. The molecule has 4 rings (SSSR count). The molecular weight excluding hydrogens is 487 g/mol. The fourth-order valence-electron chi connectivity index (χ4n) is 5.04. The fourth-order valence-corrected chi connectivity index (χ4v) is 5.04. The number of benzene rings is 3. The molecular formula is C30H29F5O2. The van der Waals surface area contributed by atoms with E-state index in [4.69, 9.17) is 4.74 Å². The predicted molar refractivity (Wildman–Crippen MR) is 134 cm³/mol. The number of aliphatic hydroxyl groups excluding tert-OH is 1. The molecule has 1 fully saturated rings. The van der Waals surface area contributed by atoms with Crippen LogP contribution in [-0.4, -0.2) is 11.7 Å². The van der Waals surface area contributed by atoms with Crippen molar-refractivity contribution in [3.63, 3.8) is 0 Å². The lowest BCUT2D eigenvalue weighted by Crippen LogP contribution is -2.15. The van der Waals surface area contributed by atoms with Crippen LogP contribution in [-0.2, 0) is 0 Å². The number of rotatable bonds is 7. The second-order valence-electron chi connectivity index (χ2n) is 9.42. The van der Waals surface area contributed by atoms with Gasteiger partial charge < -0.3 is 9.84 Å². The van der Waals surface area contributed by atoms with E-state index in [0.717, 1.165) is 0 Å². The van der Waals surface area contributed by atoms with Crippen molar-refractivity contribution in [3.8, 4) is 5.75 Å². The minimum Gasteiger partial charge on any atom is -0.491 e. The average molecular weight is 517 g/mol. The van der Waals surface area contributed by atoms with Crippen LogP contribution >= 0.6 is 0 Å². The fraction of sp³-hybridized carbons (Fsp3) is 0.333. The van der Waals surface area contributed by atoms with Crippen LogP contribution in [0.2, 0.25) is 0 Å². The quantitative estimate of drug-likeness (QED) is 0.252. The Hall–Kier alpha value is -3.19. The minimum atomic E-state index is -1.10. The molecule has 7 heteroatoms. The molecule has 196 valence electrons. The van der Waals surface area contributed by atoms with Crippen LogP contribution in [0.15, 0.2) is 42.5 Å². The molecule has 0 aromatic heterocycles. The molecule has 2 nitrogen and oxygen atoms in total. The van der Waals surface area contributed by atoms with E-state index in [0.29, 0.717) is 42.4 Å². The largest absolute Gasteiger partial charge is 0.491 e. The summed E-state index contributed by atoms with van der Waals surface area (Å²) in [5.41, 5.74) is 1.29. The first-order valence-electron chi connectivity index (χ1n) is 12.4. The van der Waals surface area contributed by atoms with Crippen LogP contribution in [0.3, 0.4) is 0 Å². The van der Waals surface area contributed by atoms with Gasteiger partial charge in [-0.25, -0.2) is 17.6 Å². The van der Waals surface area contributed by atoms with Gasteiger partial charge in [0.05, 0.1) is 12.7 Å². The number of ether oxygens (including phenoxy) is 1. The Morgan fingerprint density at radius 3 is 2.08 bits per heavy atom. The number of hydrogen-bond donors (Lipinski definition) is 1. The number of aliphatic hydroxyl groups is 1. The Labute approximate surface area is 213 Å². The summed E-state index contributed by atoms with van der Waals surface area (Å²) in [6, 6.07) is 10.5. The normalized spacial score (nSPS) is 18.8. The standard InChI is InChI=1S/C30H29F5O2/c1-3-37-26-15-11-21(27(32)30(26)35)6-4-18-5-12-23(25(31)16-18)19-7-9-20(10-8-19)24-14-13-22(17(2)36)28(33)29(24)34/h4-6,11-17,19-20,36H,3,7-10H2,1-2H3/b6-4+. The van der Waals surface area contributed by atoms with E-state index in [1.807, 2.05) is 0 Å². The number of hydrogen-bond acceptors (Lipinski definition) is 2. The molecule has 1 aliphatic rings. The number of halogens is 5. The lowest BCUT2D eigenvalue weighted by atomic mass is 9.75. The van der Waals surface area contributed by atoms with Crippen LogP contribution in [0.25, 0.3) is 12.2 Å². The molecule has 0 heterocycles. The van der Waals surface area contributed by atoms with Crippen LogP contribution in [0.4, 0.5) is 22.0 Å². The Kier molecular flexibility index (Phi) is 8.32. The van der Waals surface area contributed by atoms with Crippen molar-refractivity contribution in [1.29, 1.82) is 0 Å². The summed E-state index contributed by atoms with van der Waals surface area (Å²) in [6.07, 6.45) is 4.19. The molecule has 0 saturated heterocycles. The van der Waals surface area contributed by atoms with E-state index < -0.39 is 35.2 Å². The molecule has 0 aliphatic heterocycles. The van der Waals surface area contributed by atoms with Gasteiger partial charge in [0, 0.05) is 11.1 Å². The first-order chi connectivity index (χ1) is 17.7. The summed E-state index contributed by atoms with van der Waals surface area (Å²) in [4.78, 5) is 0. The van der Waals surface area contributed by atoms with Crippen molar-refractivity contribution >= 4 is 12.2 Å². The van der Waals surface area contributed by atoms with E-state index in [1.54, 1.807) is 19.1 Å². The Morgan fingerprint density at radius 2 is 1.46 bits per heavy atom. The van der Waals surface area contributed by atoms with Crippen molar-refractivity contribution in [2.45, 2.75) is 57.5 Å². The molecule has 1 N–H and O–H groups in total. The minimum absolute atomic E-state index is 0.0221. The first-order valence-corrected chi connectivity index (χ1v) is 12.4.